The molecule has 1 aromatic carbocycles. The van der Waals surface area contributed by atoms with E-state index in [1.54, 1.807) is 0 Å². The number of hydrogen-bond acceptors (Lipinski definition) is 3. The van der Waals surface area contributed by atoms with Crippen LogP contribution in [0.4, 0.5) is 0 Å². The van der Waals surface area contributed by atoms with Gasteiger partial charge in [-0.05, 0) is 29.5 Å². The monoisotopic (exact) mass is 332 g/mol. The van der Waals surface area contributed by atoms with Crippen molar-refractivity contribution in [3.63, 3.8) is 0 Å². The maximum atomic E-state index is 12.1. The molecule has 21 heavy (non-hydrogen) atoms. The van der Waals surface area contributed by atoms with Crippen molar-refractivity contribution in [1.82, 2.24) is 5.32 Å². The van der Waals surface area contributed by atoms with Crippen LogP contribution in [0.15, 0.2) is 23.1 Å². The molecule has 0 fully saturated rings. The Labute approximate surface area is 130 Å². The van der Waals surface area contributed by atoms with Gasteiger partial charge < -0.3 is 5.32 Å². The molecule has 0 aliphatic rings. The van der Waals surface area contributed by atoms with Gasteiger partial charge in [-0.1, -0.05) is 39.3 Å². The number of nitrogens with one attached hydrogen (secondary N) is 1. The number of primary sulfonamides is 1. The molecule has 0 spiro atoms. The van der Waals surface area contributed by atoms with Crippen LogP contribution >= 0.6 is 11.6 Å². The van der Waals surface area contributed by atoms with E-state index in [0.717, 1.165) is 0 Å². The van der Waals surface area contributed by atoms with Gasteiger partial charge in [0.05, 0.1) is 5.02 Å². The third-order valence-corrected chi connectivity index (χ3v) is 4.94. The lowest BCUT2D eigenvalue weighted by atomic mass is 9.82. The quantitative estimate of drug-likeness (QED) is 0.887. The first-order chi connectivity index (χ1) is 9.43. The standard InChI is InChI=1S/C14H21ClN2O3S/c1-9(14(2,3)4)8-17-13(18)10-5-6-11(15)12(7-10)21(16,19)20/h5-7,9H,8H2,1-4H3,(H,17,18)(H2,16,19,20). The lowest BCUT2D eigenvalue weighted by molar-refractivity contribution is 0.0937. The van der Waals surface area contributed by atoms with Crippen molar-refractivity contribution >= 4 is 27.5 Å². The van der Waals surface area contributed by atoms with E-state index >= 15 is 0 Å². The van der Waals surface area contributed by atoms with Crippen LogP contribution in [0.5, 0.6) is 0 Å². The Bertz CT molecular complexity index is 636. The molecule has 1 unspecified atom stereocenters. The van der Waals surface area contributed by atoms with Crippen LogP contribution in [0.3, 0.4) is 0 Å². The minimum atomic E-state index is -3.96. The number of rotatable bonds is 4. The molecule has 0 heterocycles. The van der Waals surface area contributed by atoms with Crippen LogP contribution in [0.25, 0.3) is 0 Å². The molecule has 0 bridgehead atoms. The highest BCUT2D eigenvalue weighted by molar-refractivity contribution is 7.89. The van der Waals surface area contributed by atoms with Crippen molar-refractivity contribution in [2.75, 3.05) is 6.54 Å². The summed E-state index contributed by atoms with van der Waals surface area (Å²) in [7, 11) is -3.96. The van der Waals surface area contributed by atoms with E-state index in [1.165, 1.54) is 18.2 Å². The van der Waals surface area contributed by atoms with E-state index in [1.807, 2.05) is 6.92 Å². The van der Waals surface area contributed by atoms with Crippen LogP contribution < -0.4 is 10.5 Å². The van der Waals surface area contributed by atoms with Crippen LogP contribution in [0, 0.1) is 11.3 Å². The Kier molecular flexibility index (Phi) is 5.41. The molecule has 1 aromatic rings. The molecule has 1 amide bonds. The lowest BCUT2D eigenvalue weighted by Gasteiger charge is -2.27. The number of carbonyl (C=O) groups is 1. The normalized spacial score (nSPS) is 13.8. The van der Waals surface area contributed by atoms with Crippen molar-refractivity contribution in [3.05, 3.63) is 28.8 Å². The van der Waals surface area contributed by atoms with Gasteiger partial charge in [0.15, 0.2) is 0 Å². The smallest absolute Gasteiger partial charge is 0.251 e. The van der Waals surface area contributed by atoms with Gasteiger partial charge in [0.1, 0.15) is 4.90 Å². The van der Waals surface area contributed by atoms with Crippen LogP contribution in [0.2, 0.25) is 5.02 Å². The molecule has 0 aromatic heterocycles. The summed E-state index contributed by atoms with van der Waals surface area (Å²) in [6.07, 6.45) is 0. The molecule has 0 saturated carbocycles. The largest absolute Gasteiger partial charge is 0.352 e. The first-order valence-corrected chi connectivity index (χ1v) is 8.46. The Hall–Kier alpha value is -1.11. The fourth-order valence-corrected chi connectivity index (χ4v) is 2.59. The molecule has 7 heteroatoms. The number of halogens is 1. The van der Waals surface area contributed by atoms with Gasteiger partial charge in [-0.2, -0.15) is 0 Å². The molecule has 3 N–H and O–H groups in total. The van der Waals surface area contributed by atoms with E-state index in [0.29, 0.717) is 6.54 Å². The number of hydrogen-bond donors (Lipinski definition) is 2. The zero-order valence-electron chi connectivity index (χ0n) is 12.6. The summed E-state index contributed by atoms with van der Waals surface area (Å²) in [5, 5.41) is 7.85. The van der Waals surface area contributed by atoms with Gasteiger partial charge in [-0.3, -0.25) is 4.79 Å². The summed E-state index contributed by atoms with van der Waals surface area (Å²) in [5.74, 6) is -0.0841. The van der Waals surface area contributed by atoms with Crippen LogP contribution in [-0.4, -0.2) is 20.9 Å². The minimum absolute atomic E-state index is 0.00268. The topological polar surface area (TPSA) is 89.3 Å². The van der Waals surface area contributed by atoms with Crippen LogP contribution in [-0.2, 0) is 10.0 Å². The summed E-state index contributed by atoms with van der Waals surface area (Å²) in [4.78, 5) is 11.8. The minimum Gasteiger partial charge on any atom is -0.352 e. The summed E-state index contributed by atoms with van der Waals surface area (Å²) < 4.78 is 22.8. The molecule has 0 saturated heterocycles. The summed E-state index contributed by atoms with van der Waals surface area (Å²) >= 11 is 5.78. The molecule has 1 rings (SSSR count). The molecule has 0 aliphatic heterocycles. The van der Waals surface area contributed by atoms with Crippen LogP contribution in [0.1, 0.15) is 38.1 Å². The summed E-state index contributed by atoms with van der Waals surface area (Å²) in [5.41, 5.74) is 0.281. The Morgan fingerprint density at radius 3 is 2.43 bits per heavy atom. The van der Waals surface area contributed by atoms with Gasteiger partial charge in [0.25, 0.3) is 5.91 Å². The number of sulfonamides is 1. The molecule has 118 valence electrons. The number of carbonyl (C=O) groups excluding carboxylic acids is 1. The van der Waals surface area contributed by atoms with E-state index in [4.69, 9.17) is 16.7 Å². The van der Waals surface area contributed by atoms with Crippen molar-refractivity contribution in [2.24, 2.45) is 16.5 Å². The second kappa shape index (κ2) is 6.34. The predicted molar refractivity (Wildman–Crippen MR) is 83.8 cm³/mol. The second-order valence-electron chi connectivity index (χ2n) is 6.17. The zero-order valence-corrected chi connectivity index (χ0v) is 14.2. The maximum absolute atomic E-state index is 12.1. The Balaban J connectivity index is 2.90. The average molecular weight is 333 g/mol. The van der Waals surface area contributed by atoms with E-state index in [2.05, 4.69) is 26.1 Å². The highest BCUT2D eigenvalue weighted by Crippen LogP contribution is 2.25. The second-order valence-corrected chi connectivity index (χ2v) is 8.10. The molecular weight excluding hydrogens is 312 g/mol. The van der Waals surface area contributed by atoms with Gasteiger partial charge in [-0.15, -0.1) is 0 Å². The first kappa shape index (κ1) is 17.9. The van der Waals surface area contributed by atoms with Crippen molar-refractivity contribution < 1.29 is 13.2 Å². The third kappa shape index (κ3) is 4.98. The number of benzene rings is 1. The zero-order chi connectivity index (χ0) is 16.4. The van der Waals surface area contributed by atoms with Gasteiger partial charge in [-0.25, -0.2) is 13.6 Å². The lowest BCUT2D eigenvalue weighted by Crippen LogP contribution is -2.33. The molecule has 0 radical (unpaired) electrons. The Morgan fingerprint density at radius 2 is 1.95 bits per heavy atom. The average Bonchev–Trinajstić information content (AvgIpc) is 2.33. The summed E-state index contributed by atoms with van der Waals surface area (Å²) in [6.45, 7) is 8.80. The van der Waals surface area contributed by atoms with Crippen molar-refractivity contribution in [3.8, 4) is 0 Å². The number of amides is 1. The SMILES string of the molecule is CC(CNC(=O)c1ccc(Cl)c(S(N)(=O)=O)c1)C(C)(C)C. The number of nitrogens with two attached hydrogens (primary N) is 1. The highest BCUT2D eigenvalue weighted by atomic mass is 35.5. The predicted octanol–water partition coefficient (Wildman–Crippen LogP) is 2.40. The maximum Gasteiger partial charge on any atom is 0.251 e. The molecule has 5 nitrogen and oxygen atoms in total. The summed E-state index contributed by atoms with van der Waals surface area (Å²) in [6, 6.07) is 4.01. The van der Waals surface area contributed by atoms with Gasteiger partial charge >= 0.3 is 0 Å². The third-order valence-electron chi connectivity index (χ3n) is 3.55. The fourth-order valence-electron chi connectivity index (χ4n) is 1.52. The highest BCUT2D eigenvalue weighted by Gasteiger charge is 2.21. The van der Waals surface area contributed by atoms with E-state index < -0.39 is 10.0 Å². The molecule has 1 atom stereocenters. The van der Waals surface area contributed by atoms with E-state index in [-0.39, 0.29) is 32.7 Å². The molecular formula is C14H21ClN2O3S. The van der Waals surface area contributed by atoms with E-state index in [9.17, 15) is 13.2 Å². The molecule has 0 aliphatic carbocycles. The van der Waals surface area contributed by atoms with Gasteiger partial charge in [0, 0.05) is 12.1 Å². The first-order valence-electron chi connectivity index (χ1n) is 6.53. The Morgan fingerprint density at radius 1 is 1.38 bits per heavy atom. The van der Waals surface area contributed by atoms with Crippen molar-refractivity contribution in [1.29, 1.82) is 0 Å². The van der Waals surface area contributed by atoms with Crippen molar-refractivity contribution in [2.45, 2.75) is 32.6 Å². The van der Waals surface area contributed by atoms with Gasteiger partial charge in [0.2, 0.25) is 10.0 Å². The fraction of sp³-hybridized carbons (Fsp3) is 0.500.